The largest absolute Gasteiger partial charge is 0.373 e. The number of rotatable bonds is 5. The van der Waals surface area contributed by atoms with Crippen LogP contribution in [0.3, 0.4) is 0 Å². The van der Waals surface area contributed by atoms with Crippen molar-refractivity contribution in [2.24, 2.45) is 0 Å². The van der Waals surface area contributed by atoms with E-state index in [0.29, 0.717) is 0 Å². The quantitative estimate of drug-likeness (QED) is 0.878. The predicted octanol–water partition coefficient (Wildman–Crippen LogP) is 2.35. The Kier molecular flexibility index (Phi) is 3.92. The number of nitrogens with zero attached hydrogens (tertiary/aromatic N) is 4. The molecule has 0 amide bonds. The van der Waals surface area contributed by atoms with Crippen LogP contribution in [-0.4, -0.2) is 26.8 Å². The van der Waals surface area contributed by atoms with Crippen molar-refractivity contribution < 1.29 is 0 Å². The predicted molar refractivity (Wildman–Crippen MR) is 72.5 cm³/mol. The zero-order valence-electron chi connectivity index (χ0n) is 11.1. The molecule has 0 unspecified atom stereocenters. The summed E-state index contributed by atoms with van der Waals surface area (Å²) in [4.78, 5) is 8.93. The van der Waals surface area contributed by atoms with E-state index in [4.69, 9.17) is 0 Å². The zero-order valence-corrected chi connectivity index (χ0v) is 11.1. The van der Waals surface area contributed by atoms with E-state index in [9.17, 15) is 0 Å². The summed E-state index contributed by atoms with van der Waals surface area (Å²) < 4.78 is 1.95. The highest BCUT2D eigenvalue weighted by Crippen LogP contribution is 2.19. The van der Waals surface area contributed by atoms with Gasteiger partial charge < -0.3 is 5.32 Å². The van der Waals surface area contributed by atoms with Gasteiger partial charge in [-0.25, -0.2) is 9.97 Å². The highest BCUT2D eigenvalue weighted by atomic mass is 15.3. The van der Waals surface area contributed by atoms with Crippen molar-refractivity contribution in [1.82, 2.24) is 19.7 Å². The number of aryl methyl sites for hydroxylation is 2. The summed E-state index contributed by atoms with van der Waals surface area (Å²) in [6.07, 6.45) is 5.79. The van der Waals surface area contributed by atoms with Gasteiger partial charge in [0.15, 0.2) is 0 Å². The van der Waals surface area contributed by atoms with E-state index in [-0.39, 0.29) is 0 Å². The van der Waals surface area contributed by atoms with Gasteiger partial charge in [0.05, 0.1) is 11.9 Å². The van der Waals surface area contributed by atoms with E-state index in [1.165, 1.54) is 0 Å². The van der Waals surface area contributed by atoms with Crippen LogP contribution in [0.4, 0.5) is 5.82 Å². The minimum absolute atomic E-state index is 0.825. The number of hydrogen-bond donors (Lipinski definition) is 1. The van der Waals surface area contributed by atoms with Crippen LogP contribution in [0, 0.1) is 0 Å². The van der Waals surface area contributed by atoms with Gasteiger partial charge in [-0.15, -0.1) is 0 Å². The molecular formula is C13H19N5. The monoisotopic (exact) mass is 245 g/mol. The van der Waals surface area contributed by atoms with Gasteiger partial charge in [-0.1, -0.05) is 13.8 Å². The molecule has 0 aromatic carbocycles. The van der Waals surface area contributed by atoms with Crippen LogP contribution in [0.15, 0.2) is 18.5 Å². The highest BCUT2D eigenvalue weighted by molar-refractivity contribution is 5.60. The van der Waals surface area contributed by atoms with Gasteiger partial charge in [0, 0.05) is 37.8 Å². The van der Waals surface area contributed by atoms with Crippen LogP contribution >= 0.6 is 0 Å². The molecule has 0 aliphatic carbocycles. The molecule has 1 N–H and O–H groups in total. The Balaban J connectivity index is 2.35. The molecule has 0 atom stereocenters. The average Bonchev–Trinajstić information content (AvgIpc) is 2.87. The molecule has 0 saturated carbocycles. The van der Waals surface area contributed by atoms with Crippen molar-refractivity contribution in [2.75, 3.05) is 12.4 Å². The van der Waals surface area contributed by atoms with Gasteiger partial charge in [-0.05, 0) is 6.42 Å². The zero-order chi connectivity index (χ0) is 13.0. The summed E-state index contributed by atoms with van der Waals surface area (Å²) in [6, 6.07) is 1.95. The van der Waals surface area contributed by atoms with E-state index in [0.717, 1.165) is 42.3 Å². The molecule has 0 radical (unpaired) electrons. The Morgan fingerprint density at radius 2 is 2.11 bits per heavy atom. The van der Waals surface area contributed by atoms with Crippen molar-refractivity contribution in [3.63, 3.8) is 0 Å². The summed E-state index contributed by atoms with van der Waals surface area (Å²) in [5.74, 6) is 1.69. The van der Waals surface area contributed by atoms with E-state index < -0.39 is 0 Å². The second-order valence-electron chi connectivity index (χ2n) is 4.15. The van der Waals surface area contributed by atoms with Crippen LogP contribution in [0.1, 0.15) is 26.1 Å². The number of aromatic nitrogens is 4. The van der Waals surface area contributed by atoms with E-state index in [1.807, 2.05) is 30.2 Å². The fourth-order valence-corrected chi connectivity index (χ4v) is 1.78. The van der Waals surface area contributed by atoms with Crippen LogP contribution < -0.4 is 5.32 Å². The Morgan fingerprint density at radius 3 is 2.78 bits per heavy atom. The lowest BCUT2D eigenvalue weighted by molar-refractivity contribution is 0.603. The Bertz CT molecular complexity index is 496. The number of nitrogens with one attached hydrogen (secondary N) is 1. The first-order valence-corrected chi connectivity index (χ1v) is 6.35. The molecule has 0 bridgehead atoms. The molecule has 2 rings (SSSR count). The van der Waals surface area contributed by atoms with Gasteiger partial charge in [0.25, 0.3) is 0 Å². The second-order valence-corrected chi connectivity index (χ2v) is 4.15. The van der Waals surface area contributed by atoms with E-state index in [1.54, 1.807) is 0 Å². The third kappa shape index (κ3) is 2.67. The van der Waals surface area contributed by atoms with Crippen molar-refractivity contribution in [3.05, 3.63) is 24.3 Å². The number of anilines is 1. The molecule has 2 aromatic rings. The molecule has 0 saturated heterocycles. The normalized spacial score (nSPS) is 10.6. The summed E-state index contributed by atoms with van der Waals surface area (Å²) in [7, 11) is 1.87. The third-order valence-electron chi connectivity index (χ3n) is 2.73. The first kappa shape index (κ1) is 12.5. The molecule has 0 spiro atoms. The Hall–Kier alpha value is -1.91. The molecule has 2 aromatic heterocycles. The fraction of sp³-hybridized carbons (Fsp3) is 0.462. The summed E-state index contributed by atoms with van der Waals surface area (Å²) in [6.45, 7) is 5.13. The first-order chi connectivity index (χ1) is 8.76. The fourth-order valence-electron chi connectivity index (χ4n) is 1.78. The summed E-state index contributed by atoms with van der Waals surface area (Å²) in [5.41, 5.74) is 1.96. The van der Waals surface area contributed by atoms with Crippen molar-refractivity contribution >= 4 is 5.82 Å². The second kappa shape index (κ2) is 5.62. The Labute approximate surface area is 107 Å². The molecule has 0 aliphatic heterocycles. The van der Waals surface area contributed by atoms with Crippen molar-refractivity contribution in [3.8, 4) is 11.3 Å². The van der Waals surface area contributed by atoms with Crippen molar-refractivity contribution in [1.29, 1.82) is 0 Å². The highest BCUT2D eigenvalue weighted by Gasteiger charge is 2.07. The van der Waals surface area contributed by atoms with Crippen molar-refractivity contribution in [2.45, 2.75) is 33.2 Å². The smallest absolute Gasteiger partial charge is 0.131 e. The minimum Gasteiger partial charge on any atom is -0.373 e. The first-order valence-electron chi connectivity index (χ1n) is 6.35. The van der Waals surface area contributed by atoms with Gasteiger partial charge in [-0.2, -0.15) is 5.10 Å². The maximum absolute atomic E-state index is 4.54. The van der Waals surface area contributed by atoms with Crippen LogP contribution in [0.2, 0.25) is 0 Å². The standard InChI is InChI=1S/C13H19N5/c1-4-6-18-9-10(8-15-18)11-7-13(14-3)17-12(5-2)16-11/h7-9H,4-6H2,1-3H3,(H,14,16,17). The maximum Gasteiger partial charge on any atom is 0.131 e. The molecular weight excluding hydrogens is 226 g/mol. The topological polar surface area (TPSA) is 55.6 Å². The van der Waals surface area contributed by atoms with Crippen LogP contribution in [0.25, 0.3) is 11.3 Å². The molecule has 96 valence electrons. The maximum atomic E-state index is 4.54. The molecule has 18 heavy (non-hydrogen) atoms. The van der Waals surface area contributed by atoms with E-state index >= 15 is 0 Å². The lowest BCUT2D eigenvalue weighted by Gasteiger charge is -2.05. The van der Waals surface area contributed by atoms with Crippen LogP contribution in [0.5, 0.6) is 0 Å². The summed E-state index contributed by atoms with van der Waals surface area (Å²) in [5, 5.41) is 7.39. The van der Waals surface area contributed by atoms with E-state index in [2.05, 4.69) is 34.2 Å². The average molecular weight is 245 g/mol. The molecule has 2 heterocycles. The van der Waals surface area contributed by atoms with Gasteiger partial charge in [-0.3, -0.25) is 4.68 Å². The molecule has 5 nitrogen and oxygen atoms in total. The van der Waals surface area contributed by atoms with Gasteiger partial charge >= 0.3 is 0 Å². The third-order valence-corrected chi connectivity index (χ3v) is 2.73. The Morgan fingerprint density at radius 1 is 1.28 bits per heavy atom. The van der Waals surface area contributed by atoms with Gasteiger partial charge in [0.2, 0.25) is 0 Å². The van der Waals surface area contributed by atoms with Gasteiger partial charge in [0.1, 0.15) is 11.6 Å². The summed E-state index contributed by atoms with van der Waals surface area (Å²) >= 11 is 0. The molecule has 0 aliphatic rings. The lowest BCUT2D eigenvalue weighted by Crippen LogP contribution is -2.00. The SMILES string of the molecule is CCCn1cc(-c2cc(NC)nc(CC)n2)cn1. The minimum atomic E-state index is 0.825. The molecule has 0 fully saturated rings. The lowest BCUT2D eigenvalue weighted by atomic mass is 10.2. The number of hydrogen-bond acceptors (Lipinski definition) is 4. The van der Waals surface area contributed by atoms with Crippen LogP contribution in [-0.2, 0) is 13.0 Å². The molecule has 5 heteroatoms.